The van der Waals surface area contributed by atoms with Crippen LogP contribution >= 0.6 is 0 Å². The van der Waals surface area contributed by atoms with E-state index in [0.29, 0.717) is 19.0 Å². The van der Waals surface area contributed by atoms with Crippen molar-refractivity contribution in [2.45, 2.75) is 32.8 Å². The monoisotopic (exact) mass is 226 g/mol. The van der Waals surface area contributed by atoms with Crippen LogP contribution in [0, 0.1) is 11.3 Å². The Hall–Kier alpha value is -0.610. The quantitative estimate of drug-likeness (QED) is 0.708. The Bertz CT molecular complexity index is 285. The molecular formula is C12H22N2O2. The number of rotatable bonds is 2. The molecule has 0 bridgehead atoms. The molecule has 1 unspecified atom stereocenters. The van der Waals surface area contributed by atoms with Crippen LogP contribution < -0.4 is 5.32 Å². The number of hydrogen-bond donors (Lipinski definition) is 2. The number of aliphatic hydroxyl groups is 1. The van der Waals surface area contributed by atoms with Crippen molar-refractivity contribution in [1.82, 2.24) is 10.2 Å². The third kappa shape index (κ3) is 1.74. The maximum Gasteiger partial charge on any atom is 0.230 e. The zero-order valence-corrected chi connectivity index (χ0v) is 10.4. The van der Waals surface area contributed by atoms with Crippen LogP contribution in [0.5, 0.6) is 0 Å². The minimum Gasteiger partial charge on any atom is -0.386 e. The lowest BCUT2D eigenvalue weighted by molar-refractivity contribution is -0.164. The van der Waals surface area contributed by atoms with E-state index in [1.54, 1.807) is 11.8 Å². The Morgan fingerprint density at radius 2 is 2.06 bits per heavy atom. The number of hydrogen-bond acceptors (Lipinski definition) is 3. The number of amides is 1. The third-order valence-electron chi connectivity index (χ3n) is 4.07. The van der Waals surface area contributed by atoms with Gasteiger partial charge in [-0.2, -0.15) is 0 Å². The van der Waals surface area contributed by atoms with Crippen LogP contribution in [-0.4, -0.2) is 47.7 Å². The van der Waals surface area contributed by atoms with Crippen LogP contribution in [0.15, 0.2) is 0 Å². The molecule has 0 aromatic heterocycles. The van der Waals surface area contributed by atoms with Crippen molar-refractivity contribution in [3.8, 4) is 0 Å². The molecular weight excluding hydrogens is 204 g/mol. The van der Waals surface area contributed by atoms with Gasteiger partial charge in [0.25, 0.3) is 0 Å². The molecule has 2 fully saturated rings. The molecule has 0 radical (unpaired) electrons. The largest absolute Gasteiger partial charge is 0.386 e. The first kappa shape index (κ1) is 11.9. The summed E-state index contributed by atoms with van der Waals surface area (Å²) in [7, 11) is 0. The molecule has 2 saturated heterocycles. The number of nitrogens with zero attached hydrogens (tertiary/aromatic N) is 1. The number of nitrogens with one attached hydrogen (secondary N) is 1. The van der Waals surface area contributed by atoms with Gasteiger partial charge in [0.15, 0.2) is 0 Å². The summed E-state index contributed by atoms with van der Waals surface area (Å²) in [4.78, 5) is 14.3. The Balaban J connectivity index is 2.08. The summed E-state index contributed by atoms with van der Waals surface area (Å²) < 4.78 is 0. The minimum absolute atomic E-state index is 0.221. The number of likely N-dealkylation sites (tertiary alicyclic amines) is 1. The molecule has 2 aliphatic rings. The highest BCUT2D eigenvalue weighted by atomic mass is 16.3. The standard InChI is InChI=1S/C12H22N2O2/c1-9(2)12(4-5-13-6-12)10(15)14-7-11(3,16)8-14/h9,13,16H,4-8H2,1-3H3. The third-order valence-corrected chi connectivity index (χ3v) is 4.07. The van der Waals surface area contributed by atoms with E-state index in [9.17, 15) is 9.90 Å². The first-order valence-corrected chi connectivity index (χ1v) is 6.10. The Labute approximate surface area is 97.0 Å². The van der Waals surface area contributed by atoms with Crippen LogP contribution in [0.3, 0.4) is 0 Å². The molecule has 16 heavy (non-hydrogen) atoms. The number of carbonyl (C=O) groups is 1. The van der Waals surface area contributed by atoms with Crippen molar-refractivity contribution >= 4 is 5.91 Å². The maximum absolute atomic E-state index is 12.5. The lowest BCUT2D eigenvalue weighted by Gasteiger charge is -2.48. The maximum atomic E-state index is 12.5. The molecule has 2 aliphatic heterocycles. The van der Waals surface area contributed by atoms with Crippen LogP contribution in [0.25, 0.3) is 0 Å². The van der Waals surface area contributed by atoms with Crippen LogP contribution in [0.2, 0.25) is 0 Å². The lowest BCUT2D eigenvalue weighted by Crippen LogP contribution is -2.65. The Kier molecular flexibility index (Phi) is 2.75. The topological polar surface area (TPSA) is 52.6 Å². The summed E-state index contributed by atoms with van der Waals surface area (Å²) in [6.07, 6.45) is 0.919. The summed E-state index contributed by atoms with van der Waals surface area (Å²) in [6, 6.07) is 0. The van der Waals surface area contributed by atoms with Gasteiger partial charge in [0, 0.05) is 6.54 Å². The minimum atomic E-state index is -0.667. The van der Waals surface area contributed by atoms with E-state index in [2.05, 4.69) is 19.2 Å². The highest BCUT2D eigenvalue weighted by molar-refractivity contribution is 5.84. The molecule has 0 saturated carbocycles. The first-order valence-electron chi connectivity index (χ1n) is 6.10. The van der Waals surface area contributed by atoms with Gasteiger partial charge in [-0.1, -0.05) is 13.8 Å². The SMILES string of the molecule is CC(C)C1(C(=O)N2CC(C)(O)C2)CCNC1. The van der Waals surface area contributed by atoms with Gasteiger partial charge in [0.2, 0.25) is 5.91 Å². The van der Waals surface area contributed by atoms with E-state index in [1.807, 2.05) is 0 Å². The molecule has 1 atom stereocenters. The van der Waals surface area contributed by atoms with Gasteiger partial charge in [-0.05, 0) is 25.8 Å². The van der Waals surface area contributed by atoms with Crippen molar-refractivity contribution in [3.05, 3.63) is 0 Å². The Morgan fingerprint density at radius 3 is 2.44 bits per heavy atom. The van der Waals surface area contributed by atoms with Gasteiger partial charge in [-0.3, -0.25) is 4.79 Å². The zero-order chi connectivity index (χ0) is 12.0. The number of carbonyl (C=O) groups excluding carboxylic acids is 1. The van der Waals surface area contributed by atoms with Crippen LogP contribution in [0.1, 0.15) is 27.2 Å². The fourth-order valence-electron chi connectivity index (χ4n) is 2.87. The predicted octanol–water partition coefficient (Wildman–Crippen LogP) is 0.215. The fraction of sp³-hybridized carbons (Fsp3) is 0.917. The molecule has 0 aliphatic carbocycles. The highest BCUT2D eigenvalue weighted by Gasteiger charge is 2.50. The summed E-state index contributed by atoms with van der Waals surface area (Å²) in [5.74, 6) is 0.569. The molecule has 0 aromatic carbocycles. The van der Waals surface area contributed by atoms with Crippen LogP contribution in [0.4, 0.5) is 0 Å². The predicted molar refractivity (Wildman–Crippen MR) is 62.0 cm³/mol. The molecule has 0 spiro atoms. The second kappa shape index (κ2) is 3.70. The molecule has 4 heteroatoms. The molecule has 2 N–H and O–H groups in total. The average Bonchev–Trinajstić information content (AvgIpc) is 2.62. The van der Waals surface area contributed by atoms with Gasteiger partial charge in [-0.15, -0.1) is 0 Å². The lowest BCUT2D eigenvalue weighted by atomic mass is 9.74. The summed E-state index contributed by atoms with van der Waals surface area (Å²) in [5.41, 5.74) is -0.906. The van der Waals surface area contributed by atoms with Crippen LogP contribution in [-0.2, 0) is 4.79 Å². The summed E-state index contributed by atoms with van der Waals surface area (Å²) >= 11 is 0. The second-order valence-corrected chi connectivity index (χ2v) is 5.90. The zero-order valence-electron chi connectivity index (χ0n) is 10.4. The van der Waals surface area contributed by atoms with Gasteiger partial charge >= 0.3 is 0 Å². The van der Waals surface area contributed by atoms with E-state index in [0.717, 1.165) is 19.5 Å². The van der Waals surface area contributed by atoms with E-state index < -0.39 is 5.60 Å². The Morgan fingerprint density at radius 1 is 1.44 bits per heavy atom. The summed E-state index contributed by atoms with van der Waals surface area (Å²) in [5, 5.41) is 13.0. The fourth-order valence-corrected chi connectivity index (χ4v) is 2.87. The van der Waals surface area contributed by atoms with E-state index >= 15 is 0 Å². The smallest absolute Gasteiger partial charge is 0.230 e. The molecule has 4 nitrogen and oxygen atoms in total. The average molecular weight is 226 g/mol. The second-order valence-electron chi connectivity index (χ2n) is 5.90. The van der Waals surface area contributed by atoms with E-state index in [-0.39, 0.29) is 11.3 Å². The van der Waals surface area contributed by atoms with Crippen molar-refractivity contribution in [1.29, 1.82) is 0 Å². The number of β-amino-alcohol motifs (C(OH)–C–C–N with tert-alkyl or cyclic N) is 1. The van der Waals surface area contributed by atoms with Crippen molar-refractivity contribution in [2.24, 2.45) is 11.3 Å². The normalized spacial score (nSPS) is 32.9. The van der Waals surface area contributed by atoms with E-state index in [4.69, 9.17) is 0 Å². The van der Waals surface area contributed by atoms with Gasteiger partial charge < -0.3 is 15.3 Å². The van der Waals surface area contributed by atoms with Crippen molar-refractivity contribution in [3.63, 3.8) is 0 Å². The van der Waals surface area contributed by atoms with E-state index in [1.165, 1.54) is 0 Å². The van der Waals surface area contributed by atoms with Crippen molar-refractivity contribution < 1.29 is 9.90 Å². The molecule has 0 aromatic rings. The molecule has 2 heterocycles. The first-order chi connectivity index (χ1) is 7.37. The van der Waals surface area contributed by atoms with Gasteiger partial charge in [0.1, 0.15) is 0 Å². The molecule has 2 rings (SSSR count). The van der Waals surface area contributed by atoms with Crippen molar-refractivity contribution in [2.75, 3.05) is 26.2 Å². The van der Waals surface area contributed by atoms with Gasteiger partial charge in [0.05, 0.1) is 24.1 Å². The van der Waals surface area contributed by atoms with Gasteiger partial charge in [-0.25, -0.2) is 0 Å². The molecule has 1 amide bonds. The highest BCUT2D eigenvalue weighted by Crippen LogP contribution is 2.38. The molecule has 92 valence electrons. The summed E-state index contributed by atoms with van der Waals surface area (Å²) in [6.45, 7) is 8.69.